The SMILES string of the molecule is Cc1nc([C@@H]2CN(c3nnc(C)c(C)c3C#N)C[C@H]2C2CC2)n[nH]1. The predicted octanol–water partition coefficient (Wildman–Crippen LogP) is 2.02. The minimum Gasteiger partial charge on any atom is -0.353 e. The molecular weight excluding hydrogens is 302 g/mol. The second-order valence-electron chi connectivity index (χ2n) is 7.01. The van der Waals surface area contributed by atoms with Gasteiger partial charge < -0.3 is 4.90 Å². The maximum atomic E-state index is 9.58. The zero-order valence-corrected chi connectivity index (χ0v) is 14.2. The third-order valence-electron chi connectivity index (χ3n) is 5.39. The lowest BCUT2D eigenvalue weighted by Crippen LogP contribution is -2.23. The van der Waals surface area contributed by atoms with E-state index in [1.165, 1.54) is 12.8 Å². The van der Waals surface area contributed by atoms with Crippen molar-refractivity contribution in [3.05, 3.63) is 28.5 Å². The first-order chi connectivity index (χ1) is 11.6. The topological polar surface area (TPSA) is 94.4 Å². The Bertz CT molecular complexity index is 815. The number of nitriles is 1. The predicted molar refractivity (Wildman–Crippen MR) is 88.5 cm³/mol. The van der Waals surface area contributed by atoms with E-state index in [1.807, 2.05) is 20.8 Å². The van der Waals surface area contributed by atoms with Crippen LogP contribution in [0.15, 0.2) is 0 Å². The molecule has 0 aromatic carbocycles. The summed E-state index contributed by atoms with van der Waals surface area (Å²) in [7, 11) is 0. The Morgan fingerprint density at radius 1 is 1.17 bits per heavy atom. The van der Waals surface area contributed by atoms with Crippen LogP contribution in [0.25, 0.3) is 0 Å². The normalized spacial score (nSPS) is 23.5. The van der Waals surface area contributed by atoms with Crippen molar-refractivity contribution in [3.8, 4) is 6.07 Å². The number of aryl methyl sites for hydroxylation is 2. The van der Waals surface area contributed by atoms with Gasteiger partial charge >= 0.3 is 0 Å². The van der Waals surface area contributed by atoms with Crippen LogP contribution in [0.5, 0.6) is 0 Å². The summed E-state index contributed by atoms with van der Waals surface area (Å²) in [5, 5.41) is 25.5. The van der Waals surface area contributed by atoms with E-state index in [2.05, 4.69) is 36.3 Å². The first-order valence-corrected chi connectivity index (χ1v) is 8.46. The number of hydrogen-bond donors (Lipinski definition) is 1. The van der Waals surface area contributed by atoms with Crippen molar-refractivity contribution in [3.63, 3.8) is 0 Å². The molecule has 2 fully saturated rings. The largest absolute Gasteiger partial charge is 0.353 e. The van der Waals surface area contributed by atoms with Gasteiger partial charge in [-0.3, -0.25) is 5.10 Å². The van der Waals surface area contributed by atoms with Crippen LogP contribution in [0.3, 0.4) is 0 Å². The lowest BCUT2D eigenvalue weighted by atomic mass is 9.91. The Labute approximate surface area is 141 Å². The number of nitrogens with zero attached hydrogens (tertiary/aromatic N) is 6. The lowest BCUT2D eigenvalue weighted by molar-refractivity contribution is 0.444. The zero-order chi connectivity index (χ0) is 16.8. The van der Waals surface area contributed by atoms with Crippen LogP contribution in [-0.2, 0) is 0 Å². The Balaban J connectivity index is 1.69. The lowest BCUT2D eigenvalue weighted by Gasteiger charge is -2.19. The summed E-state index contributed by atoms with van der Waals surface area (Å²) in [5.41, 5.74) is 2.38. The van der Waals surface area contributed by atoms with Gasteiger partial charge in [-0.25, -0.2) is 4.98 Å². The molecule has 1 saturated carbocycles. The molecule has 4 rings (SSSR count). The summed E-state index contributed by atoms with van der Waals surface area (Å²) in [6.07, 6.45) is 2.56. The molecule has 1 aliphatic heterocycles. The summed E-state index contributed by atoms with van der Waals surface area (Å²) >= 11 is 0. The van der Waals surface area contributed by atoms with Crippen molar-refractivity contribution in [1.29, 1.82) is 5.26 Å². The van der Waals surface area contributed by atoms with E-state index < -0.39 is 0 Å². The number of H-pyrrole nitrogens is 1. The third-order valence-corrected chi connectivity index (χ3v) is 5.39. The van der Waals surface area contributed by atoms with Crippen LogP contribution in [0.1, 0.15) is 47.2 Å². The highest BCUT2D eigenvalue weighted by Gasteiger charge is 2.45. The third kappa shape index (κ3) is 2.42. The van der Waals surface area contributed by atoms with Crippen LogP contribution in [0, 0.1) is 43.9 Å². The minimum atomic E-state index is 0.289. The van der Waals surface area contributed by atoms with E-state index in [0.717, 1.165) is 41.9 Å². The summed E-state index contributed by atoms with van der Waals surface area (Å²) in [5.74, 6) is 4.00. The first kappa shape index (κ1) is 15.1. The van der Waals surface area contributed by atoms with Crippen molar-refractivity contribution in [2.45, 2.75) is 39.5 Å². The molecule has 24 heavy (non-hydrogen) atoms. The molecule has 0 bridgehead atoms. The van der Waals surface area contributed by atoms with Crippen molar-refractivity contribution in [2.75, 3.05) is 18.0 Å². The molecule has 7 heteroatoms. The van der Waals surface area contributed by atoms with Crippen LogP contribution in [0.4, 0.5) is 5.82 Å². The summed E-state index contributed by atoms with van der Waals surface area (Å²) in [6.45, 7) is 7.46. The fourth-order valence-corrected chi connectivity index (χ4v) is 3.75. The van der Waals surface area contributed by atoms with Crippen molar-refractivity contribution >= 4 is 5.82 Å². The maximum absolute atomic E-state index is 9.58. The second-order valence-corrected chi connectivity index (χ2v) is 7.01. The molecule has 3 heterocycles. The van der Waals surface area contributed by atoms with Crippen molar-refractivity contribution in [1.82, 2.24) is 25.4 Å². The van der Waals surface area contributed by atoms with Gasteiger partial charge in [-0.15, -0.1) is 5.10 Å². The molecule has 0 amide bonds. The van der Waals surface area contributed by atoms with Gasteiger partial charge in [-0.1, -0.05) is 0 Å². The smallest absolute Gasteiger partial charge is 0.169 e. The number of aromatic nitrogens is 5. The Morgan fingerprint density at radius 2 is 1.96 bits per heavy atom. The molecular formula is C17H21N7. The molecule has 1 N–H and O–H groups in total. The van der Waals surface area contributed by atoms with Crippen LogP contribution >= 0.6 is 0 Å². The first-order valence-electron chi connectivity index (χ1n) is 8.46. The van der Waals surface area contributed by atoms with Gasteiger partial charge in [-0.2, -0.15) is 15.5 Å². The fourth-order valence-electron chi connectivity index (χ4n) is 3.75. The number of nitrogens with one attached hydrogen (secondary N) is 1. The van der Waals surface area contributed by atoms with Crippen LogP contribution in [-0.4, -0.2) is 38.5 Å². The van der Waals surface area contributed by atoms with Gasteiger partial charge in [0, 0.05) is 19.0 Å². The average Bonchev–Trinajstić information content (AvgIpc) is 3.18. The molecule has 2 aliphatic rings. The van der Waals surface area contributed by atoms with Gasteiger partial charge in [-0.05, 0) is 51.0 Å². The molecule has 7 nitrogen and oxygen atoms in total. The second kappa shape index (κ2) is 5.55. The monoisotopic (exact) mass is 323 g/mol. The summed E-state index contributed by atoms with van der Waals surface area (Å²) in [4.78, 5) is 6.77. The number of hydrogen-bond acceptors (Lipinski definition) is 6. The average molecular weight is 323 g/mol. The molecule has 0 radical (unpaired) electrons. The van der Waals surface area contributed by atoms with E-state index in [0.29, 0.717) is 17.3 Å². The Hall–Kier alpha value is -2.49. The number of aromatic amines is 1. The molecule has 2 aromatic rings. The number of anilines is 1. The molecule has 124 valence electrons. The van der Waals surface area contributed by atoms with Gasteiger partial charge in [0.15, 0.2) is 11.6 Å². The van der Waals surface area contributed by atoms with Gasteiger partial charge in [0.05, 0.1) is 5.69 Å². The fraction of sp³-hybridized carbons (Fsp3) is 0.588. The zero-order valence-electron chi connectivity index (χ0n) is 14.2. The molecule has 1 aliphatic carbocycles. The molecule has 1 saturated heterocycles. The van der Waals surface area contributed by atoms with E-state index in [-0.39, 0.29) is 5.92 Å². The van der Waals surface area contributed by atoms with Crippen LogP contribution in [0.2, 0.25) is 0 Å². The van der Waals surface area contributed by atoms with E-state index in [9.17, 15) is 5.26 Å². The highest BCUT2D eigenvalue weighted by Crippen LogP contribution is 2.47. The van der Waals surface area contributed by atoms with Gasteiger partial charge in [0.2, 0.25) is 0 Å². The Morgan fingerprint density at radius 3 is 2.58 bits per heavy atom. The van der Waals surface area contributed by atoms with Crippen molar-refractivity contribution in [2.24, 2.45) is 11.8 Å². The van der Waals surface area contributed by atoms with Crippen LogP contribution < -0.4 is 4.90 Å². The summed E-state index contributed by atoms with van der Waals surface area (Å²) in [6, 6.07) is 2.32. The van der Waals surface area contributed by atoms with Crippen molar-refractivity contribution < 1.29 is 0 Å². The molecule has 0 unspecified atom stereocenters. The standard InChI is InChI=1S/C17H21N7/c1-9-10(2)20-23-17(13(9)6-18)24-7-14(12-4-5-12)15(8-24)16-19-11(3)21-22-16/h12,14-15H,4-5,7-8H2,1-3H3,(H,19,21,22)/t14-,15+/m0/s1. The quantitative estimate of drug-likeness (QED) is 0.928. The summed E-state index contributed by atoms with van der Waals surface area (Å²) < 4.78 is 0. The highest BCUT2D eigenvalue weighted by molar-refractivity contribution is 5.58. The number of rotatable bonds is 3. The van der Waals surface area contributed by atoms with E-state index >= 15 is 0 Å². The highest BCUT2D eigenvalue weighted by atomic mass is 15.3. The molecule has 0 spiro atoms. The van der Waals surface area contributed by atoms with E-state index in [1.54, 1.807) is 0 Å². The van der Waals surface area contributed by atoms with Gasteiger partial charge in [0.1, 0.15) is 17.5 Å². The molecule has 2 aromatic heterocycles. The molecule has 2 atom stereocenters. The van der Waals surface area contributed by atoms with Gasteiger partial charge in [0.25, 0.3) is 0 Å². The Kier molecular flexibility index (Phi) is 3.48. The minimum absolute atomic E-state index is 0.289. The van der Waals surface area contributed by atoms with E-state index in [4.69, 9.17) is 0 Å². The maximum Gasteiger partial charge on any atom is 0.169 e.